The summed E-state index contributed by atoms with van der Waals surface area (Å²) in [6.07, 6.45) is 4.00. The van der Waals surface area contributed by atoms with Gasteiger partial charge in [-0.25, -0.2) is 0 Å². The lowest BCUT2D eigenvalue weighted by molar-refractivity contribution is -0.128. The first-order chi connectivity index (χ1) is 13.5. The molecular formula is C22H35N5O. The van der Waals surface area contributed by atoms with Crippen LogP contribution in [-0.2, 0) is 17.9 Å². The second-order valence-corrected chi connectivity index (χ2v) is 8.21. The lowest BCUT2D eigenvalue weighted by atomic mass is 10.0. The summed E-state index contributed by atoms with van der Waals surface area (Å²) in [4.78, 5) is 20.6. The van der Waals surface area contributed by atoms with Gasteiger partial charge in [0.25, 0.3) is 0 Å². The summed E-state index contributed by atoms with van der Waals surface area (Å²) in [5.74, 6) is 1.15. The van der Waals surface area contributed by atoms with Crippen molar-refractivity contribution >= 4 is 11.9 Å². The molecule has 1 aromatic carbocycles. The van der Waals surface area contributed by atoms with Gasteiger partial charge < -0.3 is 20.4 Å². The first kappa shape index (κ1) is 20.6. The third kappa shape index (κ3) is 5.71. The zero-order valence-electron chi connectivity index (χ0n) is 17.6. The number of hydrogen-bond acceptors (Lipinski definition) is 3. The molecule has 0 unspecified atom stereocenters. The summed E-state index contributed by atoms with van der Waals surface area (Å²) in [5, 5.41) is 7.00. The van der Waals surface area contributed by atoms with Gasteiger partial charge in [-0.1, -0.05) is 24.3 Å². The van der Waals surface area contributed by atoms with E-state index in [9.17, 15) is 4.79 Å². The highest BCUT2D eigenvalue weighted by Gasteiger charge is 2.21. The third-order valence-corrected chi connectivity index (χ3v) is 5.85. The van der Waals surface area contributed by atoms with Crippen molar-refractivity contribution < 1.29 is 4.79 Å². The zero-order valence-corrected chi connectivity index (χ0v) is 17.6. The number of aliphatic imine (C=N–C) groups is 1. The molecule has 2 N–H and O–H groups in total. The number of piperidine rings is 1. The van der Waals surface area contributed by atoms with Gasteiger partial charge in [0.1, 0.15) is 0 Å². The summed E-state index contributed by atoms with van der Waals surface area (Å²) in [6.45, 7) is 9.18. The van der Waals surface area contributed by atoms with Crippen LogP contribution in [0.15, 0.2) is 29.3 Å². The molecule has 28 heavy (non-hydrogen) atoms. The van der Waals surface area contributed by atoms with E-state index in [4.69, 9.17) is 0 Å². The van der Waals surface area contributed by atoms with E-state index in [1.165, 1.54) is 11.1 Å². The zero-order chi connectivity index (χ0) is 19.9. The van der Waals surface area contributed by atoms with E-state index in [1.54, 1.807) is 0 Å². The number of guanidine groups is 1. The Bertz CT molecular complexity index is 662. The quantitative estimate of drug-likeness (QED) is 0.583. The Hall–Kier alpha value is -2.08. The number of hydrogen-bond donors (Lipinski definition) is 2. The van der Waals surface area contributed by atoms with Crippen LogP contribution in [0, 0.1) is 0 Å². The minimum absolute atomic E-state index is 0.278. The molecule has 154 valence electrons. The molecular weight excluding hydrogens is 350 g/mol. The number of likely N-dealkylation sites (tertiary alicyclic amines) is 2. The van der Waals surface area contributed by atoms with Crippen molar-refractivity contribution in [3.63, 3.8) is 0 Å². The van der Waals surface area contributed by atoms with Crippen molar-refractivity contribution in [2.75, 3.05) is 26.7 Å². The van der Waals surface area contributed by atoms with Crippen molar-refractivity contribution in [3.05, 3.63) is 35.4 Å². The van der Waals surface area contributed by atoms with Gasteiger partial charge in [0.15, 0.2) is 5.96 Å². The molecule has 0 saturated carbocycles. The molecule has 2 heterocycles. The van der Waals surface area contributed by atoms with Gasteiger partial charge in [-0.05, 0) is 44.2 Å². The fourth-order valence-electron chi connectivity index (χ4n) is 3.99. The SMILES string of the molecule is CN=C(NCc1ccc(CN2CCCC2=O)cc1)NC1CCN(C(C)C)CC1. The van der Waals surface area contributed by atoms with Crippen LogP contribution < -0.4 is 10.6 Å². The maximum absolute atomic E-state index is 11.8. The Balaban J connectivity index is 1.43. The van der Waals surface area contributed by atoms with Crippen LogP contribution in [0.1, 0.15) is 50.7 Å². The van der Waals surface area contributed by atoms with Gasteiger partial charge in [0, 0.05) is 58.3 Å². The second kappa shape index (κ2) is 9.92. The van der Waals surface area contributed by atoms with Crippen molar-refractivity contribution in [1.29, 1.82) is 0 Å². The molecule has 0 radical (unpaired) electrons. The van der Waals surface area contributed by atoms with Gasteiger partial charge in [-0.15, -0.1) is 0 Å². The number of nitrogens with one attached hydrogen (secondary N) is 2. The number of rotatable bonds is 6. The van der Waals surface area contributed by atoms with Crippen LogP contribution >= 0.6 is 0 Å². The summed E-state index contributed by atoms with van der Waals surface area (Å²) < 4.78 is 0. The monoisotopic (exact) mass is 385 g/mol. The molecule has 2 aliphatic heterocycles. The fourth-order valence-corrected chi connectivity index (χ4v) is 3.99. The molecule has 0 atom stereocenters. The Morgan fingerprint density at radius 3 is 2.39 bits per heavy atom. The van der Waals surface area contributed by atoms with Crippen LogP contribution in [0.5, 0.6) is 0 Å². The van der Waals surface area contributed by atoms with Crippen molar-refractivity contribution in [2.45, 2.75) is 64.7 Å². The lowest BCUT2D eigenvalue weighted by Crippen LogP contribution is -2.49. The Kier molecular flexibility index (Phi) is 7.31. The molecule has 0 aromatic heterocycles. The summed E-state index contributed by atoms with van der Waals surface area (Å²) in [5.41, 5.74) is 2.41. The van der Waals surface area contributed by atoms with Crippen LogP contribution in [0.25, 0.3) is 0 Å². The molecule has 2 aliphatic rings. The molecule has 0 spiro atoms. The Labute approximate surface area is 169 Å². The third-order valence-electron chi connectivity index (χ3n) is 5.85. The number of carbonyl (C=O) groups excluding carboxylic acids is 1. The maximum atomic E-state index is 11.8. The highest BCUT2D eigenvalue weighted by atomic mass is 16.2. The number of carbonyl (C=O) groups is 1. The van der Waals surface area contributed by atoms with Gasteiger partial charge in [0.2, 0.25) is 5.91 Å². The molecule has 6 nitrogen and oxygen atoms in total. The molecule has 0 aliphatic carbocycles. The first-order valence-corrected chi connectivity index (χ1v) is 10.6. The van der Waals surface area contributed by atoms with Crippen molar-refractivity contribution in [2.24, 2.45) is 4.99 Å². The van der Waals surface area contributed by atoms with E-state index in [0.29, 0.717) is 18.5 Å². The minimum atomic E-state index is 0.278. The first-order valence-electron chi connectivity index (χ1n) is 10.6. The van der Waals surface area contributed by atoms with Gasteiger partial charge >= 0.3 is 0 Å². The normalized spacial score (nSPS) is 19.5. The summed E-state index contributed by atoms with van der Waals surface area (Å²) >= 11 is 0. The van der Waals surface area contributed by atoms with Crippen LogP contribution in [0.4, 0.5) is 0 Å². The van der Waals surface area contributed by atoms with Crippen LogP contribution in [-0.4, -0.2) is 60.4 Å². The summed E-state index contributed by atoms with van der Waals surface area (Å²) in [7, 11) is 1.83. The molecule has 6 heteroatoms. The second-order valence-electron chi connectivity index (χ2n) is 8.21. The highest BCUT2D eigenvalue weighted by molar-refractivity contribution is 5.80. The van der Waals surface area contributed by atoms with Crippen molar-refractivity contribution in [1.82, 2.24) is 20.4 Å². The molecule has 2 saturated heterocycles. The molecule has 1 aromatic rings. The van der Waals surface area contributed by atoms with Gasteiger partial charge in [0.05, 0.1) is 0 Å². The van der Waals surface area contributed by atoms with Gasteiger partial charge in [-0.3, -0.25) is 9.79 Å². The minimum Gasteiger partial charge on any atom is -0.354 e. The number of amides is 1. The topological polar surface area (TPSA) is 60.0 Å². The predicted octanol–water partition coefficient (Wildman–Crippen LogP) is 2.35. The average molecular weight is 386 g/mol. The highest BCUT2D eigenvalue weighted by Crippen LogP contribution is 2.15. The maximum Gasteiger partial charge on any atom is 0.222 e. The summed E-state index contributed by atoms with van der Waals surface area (Å²) in [6, 6.07) is 9.64. The standard InChI is InChI=1S/C22H35N5O/c1-17(2)26-13-10-20(11-14-26)25-22(23-3)24-15-18-6-8-19(9-7-18)16-27-12-4-5-21(27)28/h6-9,17,20H,4-5,10-16H2,1-3H3,(H2,23,24,25). The molecule has 0 bridgehead atoms. The molecule has 1 amide bonds. The molecule has 3 rings (SSSR count). The lowest BCUT2D eigenvalue weighted by Gasteiger charge is -2.35. The van der Waals surface area contributed by atoms with Crippen molar-refractivity contribution in [3.8, 4) is 0 Å². The Morgan fingerprint density at radius 1 is 1.14 bits per heavy atom. The number of nitrogens with zero attached hydrogens (tertiary/aromatic N) is 3. The van der Waals surface area contributed by atoms with E-state index in [2.05, 4.69) is 58.6 Å². The van der Waals surface area contributed by atoms with E-state index >= 15 is 0 Å². The Morgan fingerprint density at radius 2 is 1.82 bits per heavy atom. The van der Waals surface area contributed by atoms with Gasteiger partial charge in [-0.2, -0.15) is 0 Å². The van der Waals surface area contributed by atoms with E-state index in [1.807, 2.05) is 11.9 Å². The van der Waals surface area contributed by atoms with E-state index in [-0.39, 0.29) is 5.91 Å². The van der Waals surface area contributed by atoms with Crippen LogP contribution in [0.2, 0.25) is 0 Å². The van der Waals surface area contributed by atoms with E-state index in [0.717, 1.165) is 57.9 Å². The largest absolute Gasteiger partial charge is 0.354 e. The number of benzene rings is 1. The fraction of sp³-hybridized carbons (Fsp3) is 0.636. The smallest absolute Gasteiger partial charge is 0.222 e. The van der Waals surface area contributed by atoms with E-state index < -0.39 is 0 Å². The molecule has 2 fully saturated rings. The average Bonchev–Trinajstić information content (AvgIpc) is 3.11. The predicted molar refractivity (Wildman–Crippen MR) is 114 cm³/mol. The van der Waals surface area contributed by atoms with Crippen LogP contribution in [0.3, 0.4) is 0 Å².